The van der Waals surface area contributed by atoms with Gasteiger partial charge >= 0.3 is 0 Å². The van der Waals surface area contributed by atoms with E-state index >= 15 is 0 Å². The minimum atomic E-state index is -3.39. The van der Waals surface area contributed by atoms with E-state index in [4.69, 9.17) is 9.84 Å². The van der Waals surface area contributed by atoms with Gasteiger partial charge in [0, 0.05) is 26.1 Å². The van der Waals surface area contributed by atoms with Crippen molar-refractivity contribution in [3.8, 4) is 0 Å². The molecule has 0 aromatic carbocycles. The molecule has 8 heteroatoms. The summed E-state index contributed by atoms with van der Waals surface area (Å²) in [6, 6.07) is 0. The maximum absolute atomic E-state index is 11.9. The summed E-state index contributed by atoms with van der Waals surface area (Å²) in [5, 5.41) is 11.4. The van der Waals surface area contributed by atoms with Crippen LogP contribution in [0.1, 0.15) is 13.3 Å². The molecule has 1 aliphatic heterocycles. The fourth-order valence-corrected chi connectivity index (χ4v) is 2.93. The van der Waals surface area contributed by atoms with E-state index in [0.717, 1.165) is 0 Å². The minimum Gasteiger partial charge on any atom is -0.392 e. The Balaban J connectivity index is 2.34. The molecule has 106 valence electrons. The molecular formula is C10H20N2O5S. The highest BCUT2D eigenvalue weighted by atomic mass is 32.2. The largest absolute Gasteiger partial charge is 0.392 e. The molecule has 0 aliphatic carbocycles. The molecule has 1 fully saturated rings. The molecule has 1 aliphatic rings. The summed E-state index contributed by atoms with van der Waals surface area (Å²) in [5.74, 6) is -0.578. The van der Waals surface area contributed by atoms with Crippen molar-refractivity contribution in [2.45, 2.75) is 19.4 Å². The number of nitrogens with zero attached hydrogens (tertiary/aromatic N) is 1. The molecule has 1 atom stereocenters. The molecule has 0 aromatic rings. The van der Waals surface area contributed by atoms with Crippen LogP contribution in [-0.2, 0) is 19.6 Å². The SMILES string of the molecule is C[C@@H](O)CNC(=O)CCS(=O)(=O)N1CCOCC1. The van der Waals surface area contributed by atoms with Crippen LogP contribution in [-0.4, -0.2) is 68.4 Å². The van der Waals surface area contributed by atoms with Crippen LogP contribution < -0.4 is 5.32 Å². The average Bonchev–Trinajstić information content (AvgIpc) is 2.35. The molecule has 0 bridgehead atoms. The molecule has 1 rings (SSSR count). The highest BCUT2D eigenvalue weighted by Crippen LogP contribution is 2.06. The maximum atomic E-state index is 11.9. The first-order chi connectivity index (χ1) is 8.42. The lowest BCUT2D eigenvalue weighted by Gasteiger charge is -2.25. The number of sulfonamides is 1. The lowest BCUT2D eigenvalue weighted by molar-refractivity contribution is -0.121. The quantitative estimate of drug-likeness (QED) is 0.619. The standard InChI is InChI=1S/C10H20N2O5S/c1-9(13)8-11-10(14)2-7-18(15,16)12-3-5-17-6-4-12/h9,13H,2-8H2,1H3,(H,11,14)/t9-/m1/s1. The van der Waals surface area contributed by atoms with Gasteiger partial charge in [-0.1, -0.05) is 0 Å². The highest BCUT2D eigenvalue weighted by Gasteiger charge is 2.24. The summed E-state index contributed by atoms with van der Waals surface area (Å²) < 4.78 is 30.2. The summed E-state index contributed by atoms with van der Waals surface area (Å²) in [5.41, 5.74) is 0. The number of rotatable bonds is 6. The normalized spacial score (nSPS) is 19.4. The van der Waals surface area contributed by atoms with E-state index in [1.165, 1.54) is 4.31 Å². The lowest BCUT2D eigenvalue weighted by atomic mass is 10.4. The van der Waals surface area contributed by atoms with Crippen LogP contribution in [0, 0.1) is 0 Å². The Labute approximate surface area is 107 Å². The number of carbonyl (C=O) groups excluding carboxylic acids is 1. The van der Waals surface area contributed by atoms with Crippen LogP contribution in [0.25, 0.3) is 0 Å². The van der Waals surface area contributed by atoms with Gasteiger partial charge in [-0.05, 0) is 6.92 Å². The van der Waals surface area contributed by atoms with E-state index < -0.39 is 16.1 Å². The number of hydrogen-bond acceptors (Lipinski definition) is 5. The van der Waals surface area contributed by atoms with E-state index in [0.29, 0.717) is 26.3 Å². The Hall–Kier alpha value is -0.700. The number of carbonyl (C=O) groups is 1. The third-order valence-corrected chi connectivity index (χ3v) is 4.42. The van der Waals surface area contributed by atoms with Gasteiger partial charge in [-0.25, -0.2) is 8.42 Å². The zero-order valence-corrected chi connectivity index (χ0v) is 11.3. The van der Waals surface area contributed by atoms with Gasteiger partial charge in [-0.2, -0.15) is 4.31 Å². The third-order valence-electron chi connectivity index (χ3n) is 2.55. The number of nitrogens with one attached hydrogen (secondary N) is 1. The molecule has 1 heterocycles. The van der Waals surface area contributed by atoms with Crippen LogP contribution >= 0.6 is 0 Å². The van der Waals surface area contributed by atoms with Crippen LogP contribution in [0.4, 0.5) is 0 Å². The molecule has 0 radical (unpaired) electrons. The molecule has 0 aromatic heterocycles. The van der Waals surface area contributed by atoms with Gasteiger partial charge in [0.15, 0.2) is 0 Å². The van der Waals surface area contributed by atoms with Gasteiger partial charge < -0.3 is 15.2 Å². The molecule has 1 amide bonds. The van der Waals surface area contributed by atoms with Crippen LogP contribution in [0.3, 0.4) is 0 Å². The summed E-state index contributed by atoms with van der Waals surface area (Å²) in [7, 11) is -3.39. The Morgan fingerprint density at radius 1 is 1.44 bits per heavy atom. The predicted octanol–water partition coefficient (Wildman–Crippen LogP) is -1.46. The second-order valence-electron chi connectivity index (χ2n) is 4.23. The van der Waals surface area contributed by atoms with E-state index in [1.54, 1.807) is 6.92 Å². The first-order valence-corrected chi connectivity index (χ1v) is 7.53. The monoisotopic (exact) mass is 280 g/mol. The number of aliphatic hydroxyl groups is 1. The number of ether oxygens (including phenoxy) is 1. The summed E-state index contributed by atoms with van der Waals surface area (Å²) >= 11 is 0. The Bertz CT molecular complexity index is 362. The van der Waals surface area contributed by atoms with Gasteiger partial charge in [-0.3, -0.25) is 4.79 Å². The Morgan fingerprint density at radius 2 is 2.06 bits per heavy atom. The average molecular weight is 280 g/mol. The minimum absolute atomic E-state index is 0.0909. The summed E-state index contributed by atoms with van der Waals surface area (Å²) in [6.07, 6.45) is -0.725. The Morgan fingerprint density at radius 3 is 2.61 bits per heavy atom. The number of amides is 1. The molecule has 0 unspecified atom stereocenters. The van der Waals surface area contributed by atoms with E-state index in [-0.39, 0.29) is 24.6 Å². The van der Waals surface area contributed by atoms with Gasteiger partial charge in [0.25, 0.3) is 0 Å². The fraction of sp³-hybridized carbons (Fsp3) is 0.900. The van der Waals surface area contributed by atoms with Crippen molar-refractivity contribution in [1.82, 2.24) is 9.62 Å². The zero-order valence-electron chi connectivity index (χ0n) is 10.5. The van der Waals surface area contributed by atoms with Gasteiger partial charge in [0.05, 0.1) is 25.1 Å². The first kappa shape index (κ1) is 15.4. The summed E-state index contributed by atoms with van der Waals surface area (Å²) in [4.78, 5) is 11.3. The number of hydrogen-bond donors (Lipinski definition) is 2. The lowest BCUT2D eigenvalue weighted by Crippen LogP contribution is -2.42. The highest BCUT2D eigenvalue weighted by molar-refractivity contribution is 7.89. The van der Waals surface area contributed by atoms with Crippen molar-refractivity contribution >= 4 is 15.9 Å². The molecule has 1 saturated heterocycles. The van der Waals surface area contributed by atoms with Gasteiger partial charge in [0.1, 0.15) is 0 Å². The Kier molecular flexibility index (Phi) is 6.00. The van der Waals surface area contributed by atoms with Crippen molar-refractivity contribution in [2.75, 3.05) is 38.6 Å². The van der Waals surface area contributed by atoms with E-state index in [2.05, 4.69) is 5.32 Å². The van der Waals surface area contributed by atoms with E-state index in [9.17, 15) is 13.2 Å². The number of aliphatic hydroxyl groups excluding tert-OH is 1. The van der Waals surface area contributed by atoms with Crippen molar-refractivity contribution in [2.24, 2.45) is 0 Å². The van der Waals surface area contributed by atoms with Crippen LogP contribution in [0.5, 0.6) is 0 Å². The second-order valence-corrected chi connectivity index (χ2v) is 6.32. The first-order valence-electron chi connectivity index (χ1n) is 5.92. The molecule has 18 heavy (non-hydrogen) atoms. The van der Waals surface area contributed by atoms with Crippen molar-refractivity contribution in [3.05, 3.63) is 0 Å². The van der Waals surface area contributed by atoms with Crippen molar-refractivity contribution < 1.29 is 23.1 Å². The maximum Gasteiger partial charge on any atom is 0.221 e. The summed E-state index contributed by atoms with van der Waals surface area (Å²) in [6.45, 7) is 3.16. The predicted molar refractivity (Wildman–Crippen MR) is 65.5 cm³/mol. The molecule has 2 N–H and O–H groups in total. The third kappa shape index (κ3) is 5.30. The van der Waals surface area contributed by atoms with Crippen molar-refractivity contribution in [3.63, 3.8) is 0 Å². The van der Waals surface area contributed by atoms with Gasteiger partial charge in [0.2, 0.25) is 15.9 Å². The molecular weight excluding hydrogens is 260 g/mol. The van der Waals surface area contributed by atoms with Crippen LogP contribution in [0.2, 0.25) is 0 Å². The van der Waals surface area contributed by atoms with Crippen molar-refractivity contribution in [1.29, 1.82) is 0 Å². The number of morpholine rings is 1. The molecule has 7 nitrogen and oxygen atoms in total. The second kappa shape index (κ2) is 7.03. The smallest absolute Gasteiger partial charge is 0.221 e. The fourth-order valence-electron chi connectivity index (χ4n) is 1.53. The zero-order chi connectivity index (χ0) is 13.6. The van der Waals surface area contributed by atoms with Gasteiger partial charge in [-0.15, -0.1) is 0 Å². The van der Waals surface area contributed by atoms with E-state index in [1.807, 2.05) is 0 Å². The molecule has 0 saturated carbocycles. The van der Waals surface area contributed by atoms with Crippen LogP contribution in [0.15, 0.2) is 0 Å². The molecule has 0 spiro atoms. The topological polar surface area (TPSA) is 95.9 Å².